The first kappa shape index (κ1) is 14.7. The Bertz CT molecular complexity index is 487. The lowest BCUT2D eigenvalue weighted by molar-refractivity contribution is 0.0825. The van der Waals surface area contributed by atoms with Gasteiger partial charge in [-0.2, -0.15) is 5.26 Å². The van der Waals surface area contributed by atoms with E-state index in [0.717, 1.165) is 26.1 Å². The van der Waals surface area contributed by atoms with Crippen LogP contribution in [0.25, 0.3) is 0 Å². The summed E-state index contributed by atoms with van der Waals surface area (Å²) in [5, 5.41) is 18.9. The van der Waals surface area contributed by atoms with E-state index in [1.807, 2.05) is 6.92 Å². The molecule has 1 aliphatic heterocycles. The average Bonchev–Trinajstić information content (AvgIpc) is 2.49. The van der Waals surface area contributed by atoms with Crippen molar-refractivity contribution in [1.82, 2.24) is 14.9 Å². The summed E-state index contributed by atoms with van der Waals surface area (Å²) in [6, 6.07) is 2.41. The van der Waals surface area contributed by atoms with Gasteiger partial charge < -0.3 is 10.0 Å². The van der Waals surface area contributed by atoms with Gasteiger partial charge in [-0.1, -0.05) is 6.92 Å². The second kappa shape index (κ2) is 6.64. The van der Waals surface area contributed by atoms with Crippen LogP contribution in [0, 0.1) is 11.3 Å². The van der Waals surface area contributed by atoms with Crippen molar-refractivity contribution in [2.45, 2.75) is 32.4 Å². The van der Waals surface area contributed by atoms with Gasteiger partial charge in [-0.3, -0.25) is 4.90 Å². The summed E-state index contributed by atoms with van der Waals surface area (Å²) in [7, 11) is 0. The van der Waals surface area contributed by atoms with Crippen LogP contribution in [-0.2, 0) is 0 Å². The second-order valence-electron chi connectivity index (χ2n) is 5.19. The van der Waals surface area contributed by atoms with Crippen molar-refractivity contribution in [3.8, 4) is 6.07 Å². The Morgan fingerprint density at radius 3 is 2.85 bits per heavy atom. The van der Waals surface area contributed by atoms with E-state index in [9.17, 15) is 5.11 Å². The van der Waals surface area contributed by atoms with Crippen LogP contribution < -0.4 is 4.90 Å². The van der Waals surface area contributed by atoms with Crippen LogP contribution >= 0.6 is 0 Å². The van der Waals surface area contributed by atoms with Crippen molar-refractivity contribution in [2.24, 2.45) is 0 Å². The van der Waals surface area contributed by atoms with Crippen LogP contribution in [0.15, 0.2) is 12.4 Å². The molecule has 1 aliphatic rings. The Labute approximate surface area is 119 Å². The maximum absolute atomic E-state index is 9.77. The van der Waals surface area contributed by atoms with Crippen LogP contribution in [-0.4, -0.2) is 58.3 Å². The molecule has 6 nitrogen and oxygen atoms in total. The molecule has 0 saturated carbocycles. The molecule has 0 radical (unpaired) electrons. The highest BCUT2D eigenvalue weighted by molar-refractivity contribution is 5.49. The Morgan fingerprint density at radius 1 is 1.45 bits per heavy atom. The van der Waals surface area contributed by atoms with Crippen LogP contribution in [0.2, 0.25) is 0 Å². The molecule has 2 unspecified atom stereocenters. The first-order valence-corrected chi connectivity index (χ1v) is 7.03. The molecule has 1 saturated heterocycles. The molecule has 0 spiro atoms. The van der Waals surface area contributed by atoms with Gasteiger partial charge in [0.1, 0.15) is 6.07 Å². The molecule has 2 heterocycles. The summed E-state index contributed by atoms with van der Waals surface area (Å²) in [6.45, 7) is 7.29. The highest BCUT2D eigenvalue weighted by atomic mass is 16.3. The van der Waals surface area contributed by atoms with Crippen LogP contribution in [0.4, 0.5) is 5.82 Å². The highest BCUT2D eigenvalue weighted by Crippen LogP contribution is 2.19. The average molecular weight is 275 g/mol. The zero-order valence-corrected chi connectivity index (χ0v) is 12.0. The number of β-amino-alcohol motifs (C(OH)–C–C–N with tert-alkyl or cyclic N) is 1. The molecule has 1 aromatic heterocycles. The molecule has 0 aromatic carbocycles. The minimum absolute atomic E-state index is 0.268. The highest BCUT2D eigenvalue weighted by Gasteiger charge is 2.27. The number of aliphatic hydroxyl groups excluding tert-OH is 1. The minimum Gasteiger partial charge on any atom is -0.392 e. The Balaban J connectivity index is 2.04. The molecule has 2 rings (SSSR count). The molecule has 0 amide bonds. The van der Waals surface area contributed by atoms with Gasteiger partial charge in [0.15, 0.2) is 11.5 Å². The summed E-state index contributed by atoms with van der Waals surface area (Å²) >= 11 is 0. The molecule has 1 aromatic rings. The number of aliphatic hydroxyl groups is 1. The Morgan fingerprint density at radius 2 is 2.20 bits per heavy atom. The first-order chi connectivity index (χ1) is 9.65. The fourth-order valence-corrected chi connectivity index (χ4v) is 2.50. The molecular weight excluding hydrogens is 254 g/mol. The number of anilines is 1. The van der Waals surface area contributed by atoms with Gasteiger partial charge in [-0.15, -0.1) is 0 Å². The molecular formula is C14H21N5O. The number of piperazine rings is 1. The predicted octanol–water partition coefficient (Wildman–Crippen LogP) is 0.630. The number of nitriles is 1. The summed E-state index contributed by atoms with van der Waals surface area (Å²) in [6.07, 6.45) is 3.67. The van der Waals surface area contributed by atoms with E-state index in [4.69, 9.17) is 5.26 Å². The SMILES string of the molecule is CCC(O)CN1CCN(c2nccnc2C#N)CC1C. The van der Waals surface area contributed by atoms with Gasteiger partial charge in [0.25, 0.3) is 0 Å². The van der Waals surface area contributed by atoms with E-state index < -0.39 is 0 Å². The van der Waals surface area contributed by atoms with Crippen LogP contribution in [0.1, 0.15) is 26.0 Å². The van der Waals surface area contributed by atoms with E-state index in [1.165, 1.54) is 0 Å². The maximum atomic E-state index is 9.77. The summed E-state index contributed by atoms with van der Waals surface area (Å²) in [5.74, 6) is 0.664. The van der Waals surface area contributed by atoms with E-state index in [2.05, 4.69) is 32.8 Å². The summed E-state index contributed by atoms with van der Waals surface area (Å²) in [4.78, 5) is 12.7. The van der Waals surface area contributed by atoms with Crippen molar-refractivity contribution >= 4 is 5.82 Å². The number of nitrogens with zero attached hydrogens (tertiary/aromatic N) is 5. The van der Waals surface area contributed by atoms with Crippen LogP contribution in [0.5, 0.6) is 0 Å². The van der Waals surface area contributed by atoms with Gasteiger partial charge in [0.05, 0.1) is 6.10 Å². The fraction of sp³-hybridized carbons (Fsp3) is 0.643. The Kier molecular flexibility index (Phi) is 4.88. The van der Waals surface area contributed by atoms with Crippen molar-refractivity contribution in [3.63, 3.8) is 0 Å². The normalized spacial score (nSPS) is 21.5. The molecule has 2 atom stereocenters. The predicted molar refractivity (Wildman–Crippen MR) is 76.3 cm³/mol. The van der Waals surface area contributed by atoms with Gasteiger partial charge in [0, 0.05) is 44.6 Å². The number of aromatic nitrogens is 2. The van der Waals surface area contributed by atoms with Gasteiger partial charge >= 0.3 is 0 Å². The van der Waals surface area contributed by atoms with Crippen LogP contribution in [0.3, 0.4) is 0 Å². The maximum Gasteiger partial charge on any atom is 0.183 e. The lowest BCUT2D eigenvalue weighted by Crippen LogP contribution is -2.54. The zero-order valence-electron chi connectivity index (χ0n) is 12.0. The summed E-state index contributed by atoms with van der Waals surface area (Å²) in [5.41, 5.74) is 0.377. The molecule has 1 fully saturated rings. The molecule has 0 aliphatic carbocycles. The number of hydrogen-bond donors (Lipinski definition) is 1. The lowest BCUT2D eigenvalue weighted by Gasteiger charge is -2.41. The largest absolute Gasteiger partial charge is 0.392 e. The van der Waals surface area contributed by atoms with E-state index in [-0.39, 0.29) is 6.10 Å². The molecule has 108 valence electrons. The fourth-order valence-electron chi connectivity index (χ4n) is 2.50. The molecule has 6 heteroatoms. The summed E-state index contributed by atoms with van der Waals surface area (Å²) < 4.78 is 0. The minimum atomic E-state index is -0.268. The van der Waals surface area contributed by atoms with E-state index in [1.54, 1.807) is 12.4 Å². The van der Waals surface area contributed by atoms with Gasteiger partial charge in [-0.25, -0.2) is 9.97 Å². The van der Waals surface area contributed by atoms with Crippen molar-refractivity contribution < 1.29 is 5.11 Å². The van der Waals surface area contributed by atoms with Crippen molar-refractivity contribution in [3.05, 3.63) is 18.1 Å². The third kappa shape index (κ3) is 3.24. The third-order valence-corrected chi connectivity index (χ3v) is 3.77. The molecule has 20 heavy (non-hydrogen) atoms. The number of hydrogen-bond acceptors (Lipinski definition) is 6. The van der Waals surface area contributed by atoms with Gasteiger partial charge in [0.2, 0.25) is 0 Å². The standard InChI is InChI=1S/C14H21N5O/c1-3-12(20)10-18-6-7-19(9-11(18)2)14-13(8-15)16-4-5-17-14/h4-5,11-12,20H,3,6-7,9-10H2,1-2H3. The van der Waals surface area contributed by atoms with E-state index in [0.29, 0.717) is 24.1 Å². The molecule has 1 N–H and O–H groups in total. The topological polar surface area (TPSA) is 76.3 Å². The van der Waals surface area contributed by atoms with Gasteiger partial charge in [-0.05, 0) is 13.3 Å². The lowest BCUT2D eigenvalue weighted by atomic mass is 10.1. The quantitative estimate of drug-likeness (QED) is 0.868. The smallest absolute Gasteiger partial charge is 0.183 e. The second-order valence-corrected chi connectivity index (χ2v) is 5.19. The molecule has 0 bridgehead atoms. The third-order valence-electron chi connectivity index (χ3n) is 3.77. The van der Waals surface area contributed by atoms with Crippen molar-refractivity contribution in [2.75, 3.05) is 31.1 Å². The first-order valence-electron chi connectivity index (χ1n) is 7.03. The van der Waals surface area contributed by atoms with E-state index >= 15 is 0 Å². The Hall–Kier alpha value is -1.71. The van der Waals surface area contributed by atoms with Crippen molar-refractivity contribution in [1.29, 1.82) is 5.26 Å². The zero-order chi connectivity index (χ0) is 14.5. The number of rotatable bonds is 4. The monoisotopic (exact) mass is 275 g/mol.